The Hall–Kier alpha value is -0.800. The van der Waals surface area contributed by atoms with Crippen molar-refractivity contribution in [2.75, 3.05) is 19.5 Å². The highest BCUT2D eigenvalue weighted by Gasteiger charge is 2.30. The van der Waals surface area contributed by atoms with Crippen LogP contribution in [0.25, 0.3) is 0 Å². The van der Waals surface area contributed by atoms with E-state index in [0.717, 1.165) is 13.2 Å². The Bertz CT molecular complexity index is 530. The zero-order chi connectivity index (χ0) is 15.4. The van der Waals surface area contributed by atoms with E-state index < -0.39 is 29.2 Å². The van der Waals surface area contributed by atoms with E-state index in [4.69, 9.17) is 11.6 Å². The van der Waals surface area contributed by atoms with Crippen LogP contribution in [0.5, 0.6) is 0 Å². The first-order valence-corrected chi connectivity index (χ1v) is 7.76. The van der Waals surface area contributed by atoms with Gasteiger partial charge in [-0.05, 0) is 6.42 Å². The first-order chi connectivity index (χ1) is 9.16. The summed E-state index contributed by atoms with van der Waals surface area (Å²) in [6.45, 7) is -0.177. The second-order valence-electron chi connectivity index (χ2n) is 4.17. The Morgan fingerprint density at radius 2 is 2.10 bits per heavy atom. The molecule has 20 heavy (non-hydrogen) atoms. The van der Waals surface area contributed by atoms with E-state index in [9.17, 15) is 21.6 Å². The second-order valence-corrected chi connectivity index (χ2v) is 6.60. The predicted octanol–water partition coefficient (Wildman–Crippen LogP) is 2.08. The van der Waals surface area contributed by atoms with E-state index in [1.165, 1.54) is 10.9 Å². The fraction of sp³-hybridized carbons (Fsp3) is 0.700. The van der Waals surface area contributed by atoms with Gasteiger partial charge in [0.15, 0.2) is 0 Å². The highest BCUT2D eigenvalue weighted by Crippen LogP contribution is 2.21. The van der Waals surface area contributed by atoms with Crippen molar-refractivity contribution in [3.63, 3.8) is 0 Å². The molecule has 0 N–H and O–H groups in total. The Morgan fingerprint density at radius 1 is 1.45 bits per heavy atom. The standard InChI is InChI=1S/C10H15ClF3N3O2S/c1-16(6-3-10(12,13)14)20(18,19)9-7-15-17(8-9)5-2-4-11/h7-8H,2-6H2,1H3. The van der Waals surface area contributed by atoms with Gasteiger partial charge in [-0.25, -0.2) is 12.7 Å². The van der Waals surface area contributed by atoms with Crippen molar-refractivity contribution in [1.82, 2.24) is 14.1 Å². The summed E-state index contributed by atoms with van der Waals surface area (Å²) in [6.07, 6.45) is -2.57. The van der Waals surface area contributed by atoms with Gasteiger partial charge in [0.05, 0.1) is 12.6 Å². The van der Waals surface area contributed by atoms with Gasteiger partial charge in [-0.1, -0.05) is 0 Å². The van der Waals surface area contributed by atoms with E-state index in [1.54, 1.807) is 0 Å². The average molecular weight is 334 g/mol. The zero-order valence-electron chi connectivity index (χ0n) is 10.8. The van der Waals surface area contributed by atoms with Gasteiger partial charge in [0.1, 0.15) is 4.90 Å². The number of nitrogens with zero attached hydrogens (tertiary/aromatic N) is 3. The molecule has 0 amide bonds. The third-order valence-electron chi connectivity index (χ3n) is 2.55. The monoisotopic (exact) mass is 333 g/mol. The van der Waals surface area contributed by atoms with Crippen LogP contribution < -0.4 is 0 Å². The summed E-state index contributed by atoms with van der Waals surface area (Å²) in [5.74, 6) is 0.410. The molecular formula is C10H15ClF3N3O2S. The summed E-state index contributed by atoms with van der Waals surface area (Å²) in [7, 11) is -2.84. The molecule has 0 aliphatic rings. The van der Waals surface area contributed by atoms with E-state index in [1.807, 2.05) is 0 Å². The van der Waals surface area contributed by atoms with Gasteiger partial charge >= 0.3 is 6.18 Å². The van der Waals surface area contributed by atoms with Crippen LogP contribution in [0.1, 0.15) is 12.8 Å². The number of halogens is 4. The van der Waals surface area contributed by atoms with Gasteiger partial charge in [0.25, 0.3) is 0 Å². The molecule has 5 nitrogen and oxygen atoms in total. The van der Waals surface area contributed by atoms with Crippen molar-refractivity contribution in [1.29, 1.82) is 0 Å². The topological polar surface area (TPSA) is 55.2 Å². The van der Waals surface area contributed by atoms with Crippen LogP contribution in [0, 0.1) is 0 Å². The van der Waals surface area contributed by atoms with Crippen LogP contribution in [-0.4, -0.2) is 48.2 Å². The van der Waals surface area contributed by atoms with E-state index in [2.05, 4.69) is 5.10 Å². The number of aryl methyl sites for hydroxylation is 1. The van der Waals surface area contributed by atoms with E-state index >= 15 is 0 Å². The fourth-order valence-electron chi connectivity index (χ4n) is 1.41. The molecule has 1 rings (SSSR count). The van der Waals surface area contributed by atoms with Crippen LogP contribution in [-0.2, 0) is 16.6 Å². The third kappa shape index (κ3) is 4.95. The Labute approximate surface area is 120 Å². The molecule has 116 valence electrons. The first-order valence-electron chi connectivity index (χ1n) is 5.78. The Morgan fingerprint density at radius 3 is 2.65 bits per heavy atom. The number of rotatable bonds is 7. The summed E-state index contributed by atoms with van der Waals surface area (Å²) in [5.41, 5.74) is 0. The quantitative estimate of drug-likeness (QED) is 0.718. The third-order valence-corrected chi connectivity index (χ3v) is 4.63. The lowest BCUT2D eigenvalue weighted by atomic mass is 10.4. The van der Waals surface area contributed by atoms with Crippen molar-refractivity contribution < 1.29 is 21.6 Å². The van der Waals surface area contributed by atoms with Crippen molar-refractivity contribution in [3.8, 4) is 0 Å². The van der Waals surface area contributed by atoms with Crippen LogP contribution in [0.3, 0.4) is 0 Å². The fourth-order valence-corrected chi connectivity index (χ4v) is 2.65. The minimum atomic E-state index is -4.39. The minimum Gasteiger partial charge on any atom is -0.271 e. The summed E-state index contributed by atoms with van der Waals surface area (Å²) in [6, 6.07) is 0. The lowest BCUT2D eigenvalue weighted by molar-refractivity contribution is -0.135. The largest absolute Gasteiger partial charge is 0.390 e. The maximum Gasteiger partial charge on any atom is 0.390 e. The highest BCUT2D eigenvalue weighted by atomic mass is 35.5. The molecule has 0 saturated carbocycles. The van der Waals surface area contributed by atoms with Gasteiger partial charge in [0, 0.05) is 32.2 Å². The number of hydrogen-bond donors (Lipinski definition) is 0. The molecule has 0 fully saturated rings. The normalized spacial score (nSPS) is 13.1. The van der Waals surface area contributed by atoms with E-state index in [0.29, 0.717) is 23.2 Å². The summed E-state index contributed by atoms with van der Waals surface area (Å²) in [5, 5.41) is 3.84. The highest BCUT2D eigenvalue weighted by molar-refractivity contribution is 7.89. The molecule has 0 aromatic carbocycles. The smallest absolute Gasteiger partial charge is 0.271 e. The van der Waals surface area contributed by atoms with Crippen molar-refractivity contribution >= 4 is 21.6 Å². The number of alkyl halides is 4. The molecular weight excluding hydrogens is 319 g/mol. The van der Waals surface area contributed by atoms with Crippen LogP contribution >= 0.6 is 11.6 Å². The first kappa shape index (κ1) is 17.3. The average Bonchev–Trinajstić information content (AvgIpc) is 2.81. The van der Waals surface area contributed by atoms with Gasteiger partial charge in [-0.3, -0.25) is 4.68 Å². The van der Waals surface area contributed by atoms with Crippen LogP contribution in [0.2, 0.25) is 0 Å². The van der Waals surface area contributed by atoms with Crippen LogP contribution in [0.4, 0.5) is 13.2 Å². The molecule has 10 heteroatoms. The molecule has 1 heterocycles. The lowest BCUT2D eigenvalue weighted by Crippen LogP contribution is -2.30. The molecule has 0 radical (unpaired) electrons. The molecule has 0 aliphatic heterocycles. The lowest BCUT2D eigenvalue weighted by Gasteiger charge is -2.16. The van der Waals surface area contributed by atoms with Crippen molar-refractivity contribution in [3.05, 3.63) is 12.4 Å². The summed E-state index contributed by atoms with van der Waals surface area (Å²) in [4.78, 5) is -0.128. The second kappa shape index (κ2) is 6.77. The maximum atomic E-state index is 12.1. The molecule has 1 aromatic rings. The molecule has 0 saturated heterocycles. The number of aromatic nitrogens is 2. The summed E-state index contributed by atoms with van der Waals surface area (Å²) >= 11 is 5.51. The SMILES string of the molecule is CN(CCC(F)(F)F)S(=O)(=O)c1cnn(CCCCl)c1. The van der Waals surface area contributed by atoms with Crippen molar-refractivity contribution in [2.24, 2.45) is 0 Å². The molecule has 0 spiro atoms. The summed E-state index contributed by atoms with van der Waals surface area (Å²) < 4.78 is 62.4. The van der Waals surface area contributed by atoms with Gasteiger partial charge in [0.2, 0.25) is 10.0 Å². The van der Waals surface area contributed by atoms with Gasteiger partial charge in [-0.15, -0.1) is 11.6 Å². The molecule has 0 unspecified atom stereocenters. The van der Waals surface area contributed by atoms with Crippen LogP contribution in [0.15, 0.2) is 17.3 Å². The molecule has 1 aromatic heterocycles. The number of sulfonamides is 1. The van der Waals surface area contributed by atoms with Crippen molar-refractivity contribution in [2.45, 2.75) is 30.5 Å². The maximum absolute atomic E-state index is 12.1. The zero-order valence-corrected chi connectivity index (χ0v) is 12.3. The Balaban J connectivity index is 2.74. The molecule has 0 atom stereocenters. The molecule has 0 bridgehead atoms. The Kier molecular flexibility index (Phi) is 5.84. The predicted molar refractivity (Wildman–Crippen MR) is 68.1 cm³/mol. The van der Waals surface area contributed by atoms with E-state index in [-0.39, 0.29) is 4.90 Å². The van der Waals surface area contributed by atoms with Gasteiger partial charge in [-0.2, -0.15) is 18.3 Å². The molecule has 0 aliphatic carbocycles. The van der Waals surface area contributed by atoms with Gasteiger partial charge < -0.3 is 0 Å². The number of hydrogen-bond acceptors (Lipinski definition) is 3. The minimum absolute atomic E-state index is 0.128.